The largest absolute Gasteiger partial charge is 0.497 e. The molecule has 0 bridgehead atoms. The fourth-order valence-electron chi connectivity index (χ4n) is 2.47. The van der Waals surface area contributed by atoms with Crippen LogP contribution in [0.3, 0.4) is 0 Å². The summed E-state index contributed by atoms with van der Waals surface area (Å²) in [4.78, 5) is 9.65. The minimum atomic E-state index is -4.84. The molecule has 0 spiro atoms. The number of rotatable bonds is 4. The van der Waals surface area contributed by atoms with E-state index >= 15 is 0 Å². The summed E-state index contributed by atoms with van der Waals surface area (Å²) in [7, 11) is 1.38. The fourth-order valence-corrected chi connectivity index (χ4v) is 3.02. The van der Waals surface area contributed by atoms with Crippen LogP contribution in [0.15, 0.2) is 29.0 Å². The van der Waals surface area contributed by atoms with Crippen LogP contribution in [0.25, 0.3) is 22.2 Å². The molecule has 150 valence electrons. The van der Waals surface area contributed by atoms with Crippen molar-refractivity contribution in [1.29, 1.82) is 0 Å². The van der Waals surface area contributed by atoms with Gasteiger partial charge in [0.1, 0.15) is 11.3 Å². The lowest BCUT2D eigenvalue weighted by Gasteiger charge is -2.13. The number of nitrogens with zero attached hydrogens (tertiary/aromatic N) is 2. The summed E-state index contributed by atoms with van der Waals surface area (Å²) >= 11 is 3.28. The highest BCUT2D eigenvalue weighted by molar-refractivity contribution is 9.10. The van der Waals surface area contributed by atoms with E-state index in [1.807, 2.05) is 0 Å². The van der Waals surface area contributed by atoms with Gasteiger partial charge in [-0.3, -0.25) is 0 Å². The van der Waals surface area contributed by atoms with Gasteiger partial charge >= 0.3 is 18.4 Å². The highest BCUT2D eigenvalue weighted by Crippen LogP contribution is 2.41. The number of ether oxygens (including phenoxy) is 2. The molecule has 0 amide bonds. The van der Waals surface area contributed by atoms with Crippen molar-refractivity contribution in [1.82, 2.24) is 15.0 Å². The van der Waals surface area contributed by atoms with E-state index in [2.05, 4.69) is 35.6 Å². The molecule has 0 saturated carbocycles. The van der Waals surface area contributed by atoms with E-state index in [9.17, 15) is 26.3 Å². The van der Waals surface area contributed by atoms with Crippen LogP contribution >= 0.6 is 15.9 Å². The summed E-state index contributed by atoms with van der Waals surface area (Å²) in [6, 6.07) is 2.26. The molecule has 0 radical (unpaired) electrons. The topological polar surface area (TPSA) is 60.0 Å². The number of nitrogens with one attached hydrogen (secondary N) is 1. The number of H-pyrrole nitrogens is 1. The first-order chi connectivity index (χ1) is 13.0. The van der Waals surface area contributed by atoms with E-state index in [0.717, 1.165) is 0 Å². The van der Waals surface area contributed by atoms with Gasteiger partial charge in [-0.05, 0) is 28.1 Å². The van der Waals surface area contributed by atoms with Crippen molar-refractivity contribution >= 4 is 26.8 Å². The molecule has 1 N–H and O–H groups in total. The molecule has 12 heteroatoms. The second-order valence-electron chi connectivity index (χ2n) is 5.55. The Morgan fingerprint density at radius 1 is 1.14 bits per heavy atom. The zero-order valence-corrected chi connectivity index (χ0v) is 15.5. The van der Waals surface area contributed by atoms with Gasteiger partial charge in [0.15, 0.2) is 6.61 Å². The SMILES string of the molecule is COc1cc(Br)c2[nH]cc(-c3nc(OCC(F)(F)F)ncc3C(F)(F)F)c2c1. The predicted molar refractivity (Wildman–Crippen MR) is 90.1 cm³/mol. The zero-order chi connectivity index (χ0) is 20.7. The molecule has 3 rings (SSSR count). The quantitative estimate of drug-likeness (QED) is 0.522. The zero-order valence-electron chi connectivity index (χ0n) is 13.9. The first-order valence-electron chi connectivity index (χ1n) is 7.48. The number of methoxy groups -OCH3 is 1. The van der Waals surface area contributed by atoms with Crippen molar-refractivity contribution in [3.63, 3.8) is 0 Å². The van der Waals surface area contributed by atoms with Crippen molar-refractivity contribution in [3.8, 4) is 23.0 Å². The molecule has 0 saturated heterocycles. The van der Waals surface area contributed by atoms with Crippen LogP contribution in [0.5, 0.6) is 11.8 Å². The molecule has 0 aliphatic rings. The maximum Gasteiger partial charge on any atom is 0.422 e. The lowest BCUT2D eigenvalue weighted by atomic mass is 10.1. The lowest BCUT2D eigenvalue weighted by Crippen LogP contribution is -2.20. The lowest BCUT2D eigenvalue weighted by molar-refractivity contribution is -0.155. The Morgan fingerprint density at radius 3 is 2.46 bits per heavy atom. The van der Waals surface area contributed by atoms with Crippen LogP contribution in [0.2, 0.25) is 0 Å². The average molecular weight is 470 g/mol. The minimum absolute atomic E-state index is 0.00110. The van der Waals surface area contributed by atoms with Gasteiger partial charge in [-0.1, -0.05) is 0 Å². The van der Waals surface area contributed by atoms with E-state index in [4.69, 9.17) is 4.74 Å². The van der Waals surface area contributed by atoms with E-state index < -0.39 is 36.2 Å². The van der Waals surface area contributed by atoms with E-state index in [1.165, 1.54) is 19.4 Å². The maximum absolute atomic E-state index is 13.4. The highest BCUT2D eigenvalue weighted by Gasteiger charge is 2.37. The first-order valence-corrected chi connectivity index (χ1v) is 8.27. The number of halogens is 7. The van der Waals surface area contributed by atoms with Gasteiger partial charge in [-0.15, -0.1) is 0 Å². The van der Waals surface area contributed by atoms with Crippen molar-refractivity contribution < 1.29 is 35.8 Å². The summed E-state index contributed by atoms with van der Waals surface area (Å²) in [5.74, 6) is 0.358. The van der Waals surface area contributed by atoms with Crippen molar-refractivity contribution in [2.45, 2.75) is 12.4 Å². The van der Waals surface area contributed by atoms with Crippen LogP contribution in [0, 0.1) is 0 Å². The number of hydrogen-bond donors (Lipinski definition) is 1. The summed E-state index contributed by atoms with van der Waals surface area (Å²) in [5.41, 5.74) is -1.38. The van der Waals surface area contributed by atoms with Crippen LogP contribution in [0.1, 0.15) is 5.56 Å². The molecule has 28 heavy (non-hydrogen) atoms. The van der Waals surface area contributed by atoms with Crippen molar-refractivity contribution in [2.75, 3.05) is 13.7 Å². The normalized spacial score (nSPS) is 12.4. The molecular weight excluding hydrogens is 460 g/mol. The Hall–Kier alpha value is -2.50. The van der Waals surface area contributed by atoms with Crippen LogP contribution < -0.4 is 9.47 Å². The fraction of sp³-hybridized carbons (Fsp3) is 0.250. The van der Waals surface area contributed by atoms with Gasteiger partial charge in [0.2, 0.25) is 0 Å². The number of benzene rings is 1. The average Bonchev–Trinajstić information content (AvgIpc) is 3.02. The minimum Gasteiger partial charge on any atom is -0.497 e. The van der Waals surface area contributed by atoms with E-state index in [0.29, 0.717) is 27.3 Å². The van der Waals surface area contributed by atoms with Gasteiger partial charge in [0.25, 0.3) is 0 Å². The number of hydrogen-bond acceptors (Lipinski definition) is 4. The van der Waals surface area contributed by atoms with Gasteiger partial charge in [-0.2, -0.15) is 31.3 Å². The second kappa shape index (κ2) is 7.15. The molecule has 1 aromatic carbocycles. The van der Waals surface area contributed by atoms with Crippen LogP contribution in [-0.2, 0) is 6.18 Å². The Balaban J connectivity index is 2.18. The third kappa shape index (κ3) is 4.16. The summed E-state index contributed by atoms with van der Waals surface area (Å²) in [6.07, 6.45) is -7.87. The number of fused-ring (bicyclic) bond motifs is 1. The third-order valence-corrected chi connectivity index (χ3v) is 4.27. The van der Waals surface area contributed by atoms with Crippen molar-refractivity contribution in [2.24, 2.45) is 0 Å². The molecule has 2 heterocycles. The summed E-state index contributed by atoms with van der Waals surface area (Å²) in [5, 5.41) is 0.317. The van der Waals surface area contributed by atoms with Gasteiger partial charge in [0, 0.05) is 27.8 Å². The Bertz CT molecular complexity index is 1020. The summed E-state index contributed by atoms with van der Waals surface area (Å²) < 4.78 is 87.3. The first kappa shape index (κ1) is 20.2. The number of alkyl halides is 6. The van der Waals surface area contributed by atoms with Crippen molar-refractivity contribution in [3.05, 3.63) is 34.6 Å². The Labute approximate surface area is 161 Å². The number of aromatic amines is 1. The summed E-state index contributed by atoms with van der Waals surface area (Å²) in [6.45, 7) is -1.73. The molecule has 0 atom stereocenters. The second-order valence-corrected chi connectivity index (χ2v) is 6.40. The monoisotopic (exact) mass is 469 g/mol. The van der Waals surface area contributed by atoms with Gasteiger partial charge < -0.3 is 14.5 Å². The standard InChI is InChI=1S/C16H10BrF6N3O2/c1-27-7-2-8-9(4-24-13(8)11(17)3-7)12-10(16(21,22)23)5-25-14(26-12)28-6-15(18,19)20/h2-5,24H,6H2,1H3. The van der Waals surface area contributed by atoms with E-state index in [1.54, 1.807) is 6.07 Å². The van der Waals surface area contributed by atoms with E-state index in [-0.39, 0.29) is 5.56 Å². The number of aromatic nitrogens is 3. The highest BCUT2D eigenvalue weighted by atomic mass is 79.9. The molecule has 0 aliphatic heterocycles. The molecular formula is C16H10BrF6N3O2. The maximum atomic E-state index is 13.4. The molecule has 3 aromatic rings. The Kier molecular flexibility index (Phi) is 5.17. The molecule has 2 aromatic heterocycles. The molecule has 0 unspecified atom stereocenters. The molecule has 0 fully saturated rings. The predicted octanol–water partition coefficient (Wildman–Crippen LogP) is 5.36. The Morgan fingerprint density at radius 2 is 1.86 bits per heavy atom. The van der Waals surface area contributed by atoms with Crippen LogP contribution in [-0.4, -0.2) is 34.8 Å². The van der Waals surface area contributed by atoms with Gasteiger partial charge in [-0.25, -0.2) is 4.98 Å². The van der Waals surface area contributed by atoms with Crippen LogP contribution in [0.4, 0.5) is 26.3 Å². The molecule has 5 nitrogen and oxygen atoms in total. The smallest absolute Gasteiger partial charge is 0.422 e. The molecule has 0 aliphatic carbocycles. The van der Waals surface area contributed by atoms with Gasteiger partial charge in [0.05, 0.1) is 18.3 Å². The third-order valence-electron chi connectivity index (χ3n) is 3.64.